The molecule has 27 heavy (non-hydrogen) atoms. The number of carbonyl (C=O) groups excluding carboxylic acids is 2. The van der Waals surface area contributed by atoms with E-state index < -0.39 is 0 Å². The van der Waals surface area contributed by atoms with Crippen molar-refractivity contribution in [1.29, 1.82) is 0 Å². The maximum atomic E-state index is 12.5. The predicted molar refractivity (Wildman–Crippen MR) is 107 cm³/mol. The second kappa shape index (κ2) is 8.97. The first-order valence-corrected chi connectivity index (χ1v) is 9.63. The van der Waals surface area contributed by atoms with Gasteiger partial charge in [-0.15, -0.1) is 0 Å². The van der Waals surface area contributed by atoms with Crippen molar-refractivity contribution >= 4 is 40.6 Å². The van der Waals surface area contributed by atoms with E-state index in [-0.39, 0.29) is 24.3 Å². The molecule has 1 saturated heterocycles. The third-order valence-electron chi connectivity index (χ3n) is 3.75. The van der Waals surface area contributed by atoms with Gasteiger partial charge < -0.3 is 9.47 Å². The summed E-state index contributed by atoms with van der Waals surface area (Å²) in [6.45, 7) is 2.83. The van der Waals surface area contributed by atoms with Crippen LogP contribution in [-0.2, 0) is 4.79 Å². The first-order valence-electron chi connectivity index (χ1n) is 8.44. The molecule has 0 atom stereocenters. The highest BCUT2D eigenvalue weighted by Gasteiger charge is 2.34. The third kappa shape index (κ3) is 4.84. The number of benzene rings is 2. The molecule has 2 amide bonds. The number of ether oxygens (including phenoxy) is 2. The van der Waals surface area contributed by atoms with Crippen LogP contribution in [0.4, 0.5) is 4.79 Å². The minimum absolute atomic E-state index is 0.195. The average molecular weight is 404 g/mol. The van der Waals surface area contributed by atoms with Crippen molar-refractivity contribution in [3.05, 3.63) is 64.0 Å². The highest BCUT2D eigenvalue weighted by atomic mass is 35.5. The summed E-state index contributed by atoms with van der Waals surface area (Å²) in [5.74, 6) is 0.957. The molecule has 1 aliphatic heterocycles. The van der Waals surface area contributed by atoms with E-state index in [4.69, 9.17) is 21.1 Å². The first-order chi connectivity index (χ1) is 13.1. The van der Waals surface area contributed by atoms with Crippen molar-refractivity contribution in [1.82, 2.24) is 4.90 Å². The van der Waals surface area contributed by atoms with Gasteiger partial charge in [-0.2, -0.15) is 0 Å². The van der Waals surface area contributed by atoms with Gasteiger partial charge in [0.25, 0.3) is 11.1 Å². The summed E-state index contributed by atoms with van der Waals surface area (Å²) < 4.78 is 11.0. The molecule has 2 aromatic carbocycles. The molecule has 0 N–H and O–H groups in total. The predicted octanol–water partition coefficient (Wildman–Crippen LogP) is 4.85. The van der Waals surface area contributed by atoms with Gasteiger partial charge in [0.15, 0.2) is 0 Å². The summed E-state index contributed by atoms with van der Waals surface area (Å²) in [7, 11) is 0. The van der Waals surface area contributed by atoms with Gasteiger partial charge in [-0.1, -0.05) is 35.9 Å². The fourth-order valence-corrected chi connectivity index (χ4v) is 3.60. The molecule has 0 saturated carbocycles. The molecule has 0 aromatic heterocycles. The molecule has 0 radical (unpaired) electrons. The molecule has 2 aromatic rings. The summed E-state index contributed by atoms with van der Waals surface area (Å²) in [6, 6.07) is 14.5. The van der Waals surface area contributed by atoms with Gasteiger partial charge in [0, 0.05) is 0 Å². The van der Waals surface area contributed by atoms with Crippen molar-refractivity contribution in [3.63, 3.8) is 0 Å². The van der Waals surface area contributed by atoms with E-state index >= 15 is 0 Å². The minimum atomic E-state index is -0.327. The van der Waals surface area contributed by atoms with Gasteiger partial charge in [0.05, 0.1) is 23.1 Å². The van der Waals surface area contributed by atoms with Crippen LogP contribution >= 0.6 is 23.4 Å². The maximum Gasteiger partial charge on any atom is 0.293 e. The summed E-state index contributed by atoms with van der Waals surface area (Å²) in [5, 5.41) is 0.154. The van der Waals surface area contributed by atoms with Gasteiger partial charge in [-0.05, 0) is 54.6 Å². The Labute approximate surface area is 166 Å². The lowest BCUT2D eigenvalue weighted by Gasteiger charge is -2.13. The molecular weight excluding hydrogens is 386 g/mol. The number of hydrogen-bond donors (Lipinski definition) is 0. The van der Waals surface area contributed by atoms with E-state index in [0.717, 1.165) is 17.3 Å². The van der Waals surface area contributed by atoms with Crippen molar-refractivity contribution in [2.45, 2.75) is 6.92 Å². The number of rotatable bonds is 7. The second-order valence-electron chi connectivity index (χ2n) is 5.62. The third-order valence-corrected chi connectivity index (χ3v) is 4.96. The van der Waals surface area contributed by atoms with E-state index in [0.29, 0.717) is 28.0 Å². The van der Waals surface area contributed by atoms with Crippen molar-refractivity contribution in [2.24, 2.45) is 0 Å². The Morgan fingerprint density at radius 3 is 2.59 bits per heavy atom. The van der Waals surface area contributed by atoms with Crippen LogP contribution in [0.3, 0.4) is 0 Å². The van der Waals surface area contributed by atoms with E-state index in [1.165, 1.54) is 4.90 Å². The number of hydrogen-bond acceptors (Lipinski definition) is 5. The van der Waals surface area contributed by atoms with Crippen LogP contribution in [0.5, 0.6) is 11.5 Å². The smallest absolute Gasteiger partial charge is 0.293 e. The zero-order chi connectivity index (χ0) is 19.2. The fourth-order valence-electron chi connectivity index (χ4n) is 2.50. The molecule has 0 aliphatic carbocycles. The molecule has 0 spiro atoms. The number of carbonyl (C=O) groups is 2. The Morgan fingerprint density at radius 2 is 1.89 bits per heavy atom. The Balaban J connectivity index is 1.64. The van der Waals surface area contributed by atoms with Crippen LogP contribution in [0.25, 0.3) is 6.08 Å². The van der Waals surface area contributed by atoms with Gasteiger partial charge in [0.1, 0.15) is 18.1 Å². The molecular formula is C20H18ClNO4S. The van der Waals surface area contributed by atoms with Gasteiger partial charge in [-0.3, -0.25) is 14.5 Å². The Kier molecular flexibility index (Phi) is 6.42. The first kappa shape index (κ1) is 19.3. The minimum Gasteiger partial charge on any atom is -0.492 e. The second-order valence-corrected chi connectivity index (χ2v) is 7.02. The summed E-state index contributed by atoms with van der Waals surface area (Å²) in [5.41, 5.74) is 0.731. The van der Waals surface area contributed by atoms with Crippen molar-refractivity contribution < 1.29 is 19.1 Å². The normalized spacial score (nSPS) is 15.5. The Morgan fingerprint density at radius 1 is 1.11 bits per heavy atom. The quantitative estimate of drug-likeness (QED) is 0.618. The molecule has 3 rings (SSSR count). The van der Waals surface area contributed by atoms with E-state index in [2.05, 4.69) is 0 Å². The monoisotopic (exact) mass is 403 g/mol. The Bertz CT molecular complexity index is 870. The molecule has 1 fully saturated rings. The maximum absolute atomic E-state index is 12.5. The summed E-state index contributed by atoms with van der Waals surface area (Å²) in [4.78, 5) is 26.2. The lowest BCUT2D eigenvalue weighted by atomic mass is 10.2. The van der Waals surface area contributed by atoms with Crippen molar-refractivity contribution in [2.75, 3.05) is 19.8 Å². The van der Waals surface area contributed by atoms with Crippen LogP contribution in [0.15, 0.2) is 53.4 Å². The number of amides is 2. The lowest BCUT2D eigenvalue weighted by molar-refractivity contribution is -0.123. The average Bonchev–Trinajstić information content (AvgIpc) is 2.92. The molecule has 1 aliphatic rings. The molecule has 0 bridgehead atoms. The Hall–Kier alpha value is -2.44. The number of halogens is 1. The van der Waals surface area contributed by atoms with Gasteiger partial charge in [0.2, 0.25) is 0 Å². The fraction of sp³-hybridized carbons (Fsp3) is 0.200. The van der Waals surface area contributed by atoms with Crippen LogP contribution in [0, 0.1) is 0 Å². The zero-order valence-corrected chi connectivity index (χ0v) is 16.3. The van der Waals surface area contributed by atoms with Crippen LogP contribution in [-0.4, -0.2) is 35.8 Å². The standard InChI is InChI=1S/C20H18ClNO4S/c1-2-25-17-9-8-14(12-16(17)21)13-18-19(23)22(20(24)27-18)10-11-26-15-6-4-3-5-7-15/h3-9,12-13H,2,10-11H2,1H3/b18-13-. The number of imide groups is 1. The molecule has 5 nitrogen and oxygen atoms in total. The van der Waals surface area contributed by atoms with Crippen LogP contribution < -0.4 is 9.47 Å². The van der Waals surface area contributed by atoms with E-state index in [1.54, 1.807) is 24.3 Å². The lowest BCUT2D eigenvalue weighted by Crippen LogP contribution is -2.32. The topological polar surface area (TPSA) is 55.8 Å². The number of thioether (sulfide) groups is 1. The number of nitrogens with zero attached hydrogens (tertiary/aromatic N) is 1. The largest absolute Gasteiger partial charge is 0.492 e. The SMILES string of the molecule is CCOc1ccc(/C=C2\SC(=O)N(CCOc3ccccc3)C2=O)cc1Cl. The molecule has 0 unspecified atom stereocenters. The highest BCUT2D eigenvalue weighted by Crippen LogP contribution is 2.33. The summed E-state index contributed by atoms with van der Waals surface area (Å²) >= 11 is 7.09. The summed E-state index contributed by atoms with van der Waals surface area (Å²) in [6.07, 6.45) is 1.66. The molecule has 140 valence electrons. The van der Waals surface area contributed by atoms with Gasteiger partial charge in [-0.25, -0.2) is 0 Å². The van der Waals surface area contributed by atoms with E-state index in [9.17, 15) is 9.59 Å². The van der Waals surface area contributed by atoms with Crippen LogP contribution in [0.2, 0.25) is 5.02 Å². The molecule has 1 heterocycles. The number of para-hydroxylation sites is 1. The highest BCUT2D eigenvalue weighted by molar-refractivity contribution is 8.18. The van der Waals surface area contributed by atoms with Gasteiger partial charge >= 0.3 is 0 Å². The zero-order valence-electron chi connectivity index (χ0n) is 14.7. The van der Waals surface area contributed by atoms with Crippen molar-refractivity contribution in [3.8, 4) is 11.5 Å². The molecule has 7 heteroatoms. The van der Waals surface area contributed by atoms with E-state index in [1.807, 2.05) is 37.3 Å². The van der Waals surface area contributed by atoms with Crippen LogP contribution in [0.1, 0.15) is 12.5 Å².